The Hall–Kier alpha value is -1.81. The first kappa shape index (κ1) is 14.6. The summed E-state index contributed by atoms with van der Waals surface area (Å²) in [6, 6.07) is 9.98. The summed E-state index contributed by atoms with van der Waals surface area (Å²) in [5.74, 6) is 0.119. The van der Waals surface area contributed by atoms with Crippen LogP contribution in [0, 0.1) is 5.92 Å². The van der Waals surface area contributed by atoms with Crippen LogP contribution >= 0.6 is 0 Å². The molecule has 0 spiro atoms. The van der Waals surface area contributed by atoms with Crippen molar-refractivity contribution < 1.29 is 19.0 Å². The van der Waals surface area contributed by atoms with Gasteiger partial charge in [0.25, 0.3) is 0 Å². The van der Waals surface area contributed by atoms with E-state index in [1.807, 2.05) is 37.3 Å². The molecule has 1 fully saturated rings. The monoisotopic (exact) mass is 276 g/mol. The number of hydrogen-bond donors (Lipinski definition) is 0. The fraction of sp³-hybridized carbons (Fsp3) is 0.438. The molecule has 0 radical (unpaired) electrons. The van der Waals surface area contributed by atoms with Gasteiger partial charge >= 0.3 is 6.16 Å². The SMILES string of the molecule is C=C[C@@H]1C[C@@H]([C@H](C)COCc2ccccc2)OC(=O)O1. The second-order valence-corrected chi connectivity index (χ2v) is 5.01. The van der Waals surface area contributed by atoms with E-state index in [0.717, 1.165) is 5.56 Å². The van der Waals surface area contributed by atoms with Gasteiger partial charge in [-0.25, -0.2) is 4.79 Å². The van der Waals surface area contributed by atoms with E-state index < -0.39 is 6.16 Å². The van der Waals surface area contributed by atoms with Crippen LogP contribution in [0.25, 0.3) is 0 Å². The maximum absolute atomic E-state index is 11.3. The van der Waals surface area contributed by atoms with Crippen LogP contribution in [0.1, 0.15) is 18.9 Å². The number of rotatable bonds is 6. The molecular formula is C16H20O4. The molecule has 1 heterocycles. The van der Waals surface area contributed by atoms with Crippen molar-refractivity contribution in [3.05, 3.63) is 48.6 Å². The first-order chi connectivity index (χ1) is 9.69. The van der Waals surface area contributed by atoms with Crippen LogP contribution in [0.4, 0.5) is 4.79 Å². The van der Waals surface area contributed by atoms with Crippen molar-refractivity contribution in [3.8, 4) is 0 Å². The molecule has 1 saturated heterocycles. The Morgan fingerprint density at radius 3 is 2.85 bits per heavy atom. The molecule has 0 aromatic heterocycles. The maximum atomic E-state index is 11.3. The molecule has 0 aliphatic carbocycles. The molecule has 1 aliphatic rings. The van der Waals surface area contributed by atoms with E-state index >= 15 is 0 Å². The molecule has 1 aromatic rings. The number of carbonyl (C=O) groups excluding carboxylic acids is 1. The third-order valence-electron chi connectivity index (χ3n) is 3.35. The van der Waals surface area contributed by atoms with Crippen molar-refractivity contribution in [2.75, 3.05) is 6.61 Å². The molecule has 1 aliphatic heterocycles. The van der Waals surface area contributed by atoms with Gasteiger partial charge in [0.2, 0.25) is 0 Å². The Bertz CT molecular complexity index is 443. The lowest BCUT2D eigenvalue weighted by Gasteiger charge is -2.31. The molecule has 0 saturated carbocycles. The maximum Gasteiger partial charge on any atom is 0.509 e. The van der Waals surface area contributed by atoms with Crippen molar-refractivity contribution in [3.63, 3.8) is 0 Å². The number of carbonyl (C=O) groups is 1. The summed E-state index contributed by atoms with van der Waals surface area (Å²) in [7, 11) is 0. The van der Waals surface area contributed by atoms with Gasteiger partial charge in [-0.05, 0) is 5.56 Å². The van der Waals surface area contributed by atoms with Gasteiger partial charge in [0.1, 0.15) is 12.2 Å². The van der Waals surface area contributed by atoms with Crippen molar-refractivity contribution in [2.24, 2.45) is 5.92 Å². The normalized spacial score (nSPS) is 23.6. The third-order valence-corrected chi connectivity index (χ3v) is 3.35. The number of cyclic esters (lactones) is 2. The molecule has 3 atom stereocenters. The molecule has 108 valence electrons. The van der Waals surface area contributed by atoms with E-state index in [-0.39, 0.29) is 18.1 Å². The lowest BCUT2D eigenvalue weighted by Crippen LogP contribution is -2.38. The highest BCUT2D eigenvalue weighted by Crippen LogP contribution is 2.22. The summed E-state index contributed by atoms with van der Waals surface area (Å²) >= 11 is 0. The fourth-order valence-corrected chi connectivity index (χ4v) is 2.14. The molecule has 4 nitrogen and oxygen atoms in total. The van der Waals surface area contributed by atoms with Gasteiger partial charge in [-0.2, -0.15) is 0 Å². The lowest BCUT2D eigenvalue weighted by atomic mass is 9.99. The van der Waals surface area contributed by atoms with Crippen molar-refractivity contribution in [2.45, 2.75) is 32.2 Å². The first-order valence-corrected chi connectivity index (χ1v) is 6.80. The van der Waals surface area contributed by atoms with Crippen LogP contribution in [-0.4, -0.2) is 25.0 Å². The van der Waals surface area contributed by atoms with Crippen LogP contribution < -0.4 is 0 Å². The van der Waals surface area contributed by atoms with Crippen molar-refractivity contribution >= 4 is 6.16 Å². The predicted molar refractivity (Wildman–Crippen MR) is 75.2 cm³/mol. The average Bonchev–Trinajstić information content (AvgIpc) is 2.47. The summed E-state index contributed by atoms with van der Waals surface area (Å²) in [5.41, 5.74) is 1.13. The molecular weight excluding hydrogens is 256 g/mol. The third kappa shape index (κ3) is 4.10. The number of hydrogen-bond acceptors (Lipinski definition) is 4. The van der Waals surface area contributed by atoms with Gasteiger partial charge in [0.15, 0.2) is 0 Å². The molecule has 1 aromatic carbocycles. The van der Waals surface area contributed by atoms with Gasteiger partial charge < -0.3 is 14.2 Å². The van der Waals surface area contributed by atoms with E-state index in [1.54, 1.807) is 6.08 Å². The Labute approximate surface area is 119 Å². The van der Waals surface area contributed by atoms with Crippen LogP contribution in [0.15, 0.2) is 43.0 Å². The van der Waals surface area contributed by atoms with Gasteiger partial charge in [-0.1, -0.05) is 49.9 Å². The van der Waals surface area contributed by atoms with E-state index in [0.29, 0.717) is 19.6 Å². The first-order valence-electron chi connectivity index (χ1n) is 6.80. The highest BCUT2D eigenvalue weighted by atomic mass is 16.7. The van der Waals surface area contributed by atoms with E-state index in [2.05, 4.69) is 6.58 Å². The second kappa shape index (κ2) is 7.10. The molecule has 0 amide bonds. The van der Waals surface area contributed by atoms with E-state index in [9.17, 15) is 4.79 Å². The molecule has 2 rings (SSSR count). The smallest absolute Gasteiger partial charge is 0.430 e. The molecule has 4 heteroatoms. The zero-order chi connectivity index (χ0) is 14.4. The van der Waals surface area contributed by atoms with Crippen molar-refractivity contribution in [1.29, 1.82) is 0 Å². The van der Waals surface area contributed by atoms with E-state index in [1.165, 1.54) is 0 Å². The summed E-state index contributed by atoms with van der Waals surface area (Å²) in [6.45, 7) is 6.76. The Kier molecular flexibility index (Phi) is 5.18. The van der Waals surface area contributed by atoms with Gasteiger partial charge in [-0.3, -0.25) is 0 Å². The summed E-state index contributed by atoms with van der Waals surface area (Å²) in [5, 5.41) is 0. The predicted octanol–water partition coefficient (Wildman–Crippen LogP) is 3.32. The zero-order valence-corrected chi connectivity index (χ0v) is 11.7. The quantitative estimate of drug-likeness (QED) is 0.590. The Morgan fingerprint density at radius 2 is 2.15 bits per heavy atom. The van der Waals surface area contributed by atoms with Crippen LogP contribution in [0.5, 0.6) is 0 Å². The summed E-state index contributed by atoms with van der Waals surface area (Å²) in [6.07, 6.45) is 1.18. The largest absolute Gasteiger partial charge is 0.509 e. The van der Waals surface area contributed by atoms with Crippen LogP contribution in [0.3, 0.4) is 0 Å². The lowest BCUT2D eigenvalue weighted by molar-refractivity contribution is -0.0753. The summed E-state index contributed by atoms with van der Waals surface area (Å²) in [4.78, 5) is 11.3. The number of ether oxygens (including phenoxy) is 3. The molecule has 20 heavy (non-hydrogen) atoms. The fourth-order valence-electron chi connectivity index (χ4n) is 2.14. The summed E-state index contributed by atoms with van der Waals surface area (Å²) < 4.78 is 15.8. The van der Waals surface area contributed by atoms with E-state index in [4.69, 9.17) is 14.2 Å². The topological polar surface area (TPSA) is 44.8 Å². The molecule has 0 N–H and O–H groups in total. The van der Waals surface area contributed by atoms with Gasteiger partial charge in [0.05, 0.1) is 13.2 Å². The second-order valence-electron chi connectivity index (χ2n) is 5.01. The average molecular weight is 276 g/mol. The standard InChI is InChI=1S/C16H20O4/c1-3-14-9-15(20-16(17)19-14)12(2)10-18-11-13-7-5-4-6-8-13/h3-8,12,14-15H,1,9-11H2,2H3/t12-,14-,15+/m1/s1. The minimum Gasteiger partial charge on any atom is -0.430 e. The highest BCUT2D eigenvalue weighted by molar-refractivity contribution is 5.61. The zero-order valence-electron chi connectivity index (χ0n) is 11.7. The number of benzene rings is 1. The van der Waals surface area contributed by atoms with Crippen LogP contribution in [-0.2, 0) is 20.8 Å². The Morgan fingerprint density at radius 1 is 1.40 bits per heavy atom. The highest BCUT2D eigenvalue weighted by Gasteiger charge is 2.31. The minimum absolute atomic E-state index is 0.119. The van der Waals surface area contributed by atoms with Gasteiger partial charge in [-0.15, -0.1) is 0 Å². The Balaban J connectivity index is 1.78. The molecule has 0 bridgehead atoms. The van der Waals surface area contributed by atoms with Gasteiger partial charge in [0, 0.05) is 12.3 Å². The van der Waals surface area contributed by atoms with Crippen molar-refractivity contribution in [1.82, 2.24) is 0 Å². The minimum atomic E-state index is -0.624. The molecule has 0 unspecified atom stereocenters. The van der Waals surface area contributed by atoms with Crippen LogP contribution in [0.2, 0.25) is 0 Å².